The number of rotatable bonds is 10. The summed E-state index contributed by atoms with van der Waals surface area (Å²) in [6.07, 6.45) is 2.72. The molecule has 0 saturated carbocycles. The summed E-state index contributed by atoms with van der Waals surface area (Å²) in [7, 11) is 4.56. The Bertz CT molecular complexity index is 1210. The molecule has 35 heavy (non-hydrogen) atoms. The van der Waals surface area contributed by atoms with Gasteiger partial charge in [0, 0.05) is 10.4 Å². The van der Waals surface area contributed by atoms with Crippen molar-refractivity contribution in [3.05, 3.63) is 28.1 Å². The molecule has 0 radical (unpaired) electrons. The number of fused-ring (bicyclic) bond motifs is 1. The van der Waals surface area contributed by atoms with Crippen LogP contribution in [0.1, 0.15) is 34.1 Å². The van der Waals surface area contributed by atoms with Crippen molar-refractivity contribution in [2.75, 3.05) is 39.0 Å². The van der Waals surface area contributed by atoms with E-state index in [1.54, 1.807) is 19.1 Å². The number of nitrogens with one attached hydrogen (secondary N) is 1. The van der Waals surface area contributed by atoms with Gasteiger partial charge in [-0.05, 0) is 43.9 Å². The summed E-state index contributed by atoms with van der Waals surface area (Å²) >= 11 is 2.53. The van der Waals surface area contributed by atoms with Crippen molar-refractivity contribution in [1.29, 1.82) is 0 Å². The van der Waals surface area contributed by atoms with Gasteiger partial charge >= 0.3 is 5.97 Å². The number of esters is 1. The topological polar surface area (TPSA) is 122 Å². The molecule has 186 valence electrons. The van der Waals surface area contributed by atoms with Gasteiger partial charge in [-0.2, -0.15) is 0 Å². The van der Waals surface area contributed by atoms with Gasteiger partial charge in [0.15, 0.2) is 11.5 Å². The average molecular weight is 520 g/mol. The highest BCUT2D eigenvalue weighted by Crippen LogP contribution is 2.42. The summed E-state index contributed by atoms with van der Waals surface area (Å²) in [4.78, 5) is 26.3. The number of methoxy groups -OCH3 is 3. The number of aryl methyl sites for hydroxylation is 1. The number of carbonyl (C=O) groups excluding carboxylic acids is 2. The minimum absolute atomic E-state index is 0.0295. The molecule has 0 saturated heterocycles. The second kappa shape index (κ2) is 11.0. The zero-order valence-corrected chi connectivity index (χ0v) is 21.4. The normalized spacial score (nSPS) is 12.2. The third-order valence-electron chi connectivity index (χ3n) is 5.30. The third kappa shape index (κ3) is 5.22. The van der Waals surface area contributed by atoms with E-state index in [-0.39, 0.29) is 29.4 Å². The molecular formula is C23H25N3O7S2. The number of benzene rings is 1. The van der Waals surface area contributed by atoms with E-state index in [1.807, 2.05) is 0 Å². The van der Waals surface area contributed by atoms with Gasteiger partial charge in [-0.25, -0.2) is 4.79 Å². The Balaban J connectivity index is 1.44. The summed E-state index contributed by atoms with van der Waals surface area (Å²) in [5.74, 6) is 0.942. The number of ether oxygens (including phenoxy) is 4. The maximum atomic E-state index is 12.6. The van der Waals surface area contributed by atoms with Crippen molar-refractivity contribution in [2.24, 2.45) is 0 Å². The lowest BCUT2D eigenvalue weighted by Crippen LogP contribution is -2.16. The fourth-order valence-electron chi connectivity index (χ4n) is 3.79. The molecule has 3 aromatic rings. The van der Waals surface area contributed by atoms with Crippen LogP contribution in [0.4, 0.5) is 5.00 Å². The largest absolute Gasteiger partial charge is 0.493 e. The molecule has 0 aliphatic heterocycles. The van der Waals surface area contributed by atoms with E-state index < -0.39 is 5.97 Å². The van der Waals surface area contributed by atoms with E-state index in [2.05, 4.69) is 15.5 Å². The lowest BCUT2D eigenvalue weighted by atomic mass is 10.1. The molecule has 1 aliphatic carbocycles. The van der Waals surface area contributed by atoms with Crippen LogP contribution >= 0.6 is 23.1 Å². The number of hydrogen-bond acceptors (Lipinski definition) is 11. The van der Waals surface area contributed by atoms with Gasteiger partial charge < -0.3 is 28.7 Å². The van der Waals surface area contributed by atoms with Gasteiger partial charge in [-0.1, -0.05) is 11.8 Å². The molecule has 1 aliphatic rings. The standard InChI is InChI=1S/C23H25N3O7S2/c1-5-32-22(28)18-13-7-6-8-16(13)35-21(18)24-17(27)11-34-23-26-25-20(33-23)12-9-14(29-2)19(31-4)15(10-12)30-3/h9-10H,5-8,11H2,1-4H3,(H,24,27). The van der Waals surface area contributed by atoms with Gasteiger partial charge in [0.1, 0.15) is 5.00 Å². The molecule has 1 N–H and O–H groups in total. The molecule has 2 heterocycles. The zero-order chi connectivity index (χ0) is 24.9. The summed E-state index contributed by atoms with van der Waals surface area (Å²) in [5.41, 5.74) is 2.05. The van der Waals surface area contributed by atoms with Crippen LogP contribution in [0.3, 0.4) is 0 Å². The van der Waals surface area contributed by atoms with Crippen LogP contribution in [0.5, 0.6) is 17.2 Å². The fraction of sp³-hybridized carbons (Fsp3) is 0.391. The second-order valence-corrected chi connectivity index (χ2v) is 9.44. The molecule has 0 bridgehead atoms. The summed E-state index contributed by atoms with van der Waals surface area (Å²) < 4.78 is 27.0. The molecule has 0 spiro atoms. The highest BCUT2D eigenvalue weighted by Gasteiger charge is 2.28. The molecule has 4 rings (SSSR count). The number of nitrogens with zero attached hydrogens (tertiary/aromatic N) is 2. The Hall–Kier alpha value is -3.25. The Morgan fingerprint density at radius 1 is 1.11 bits per heavy atom. The van der Waals surface area contributed by atoms with Gasteiger partial charge in [0.25, 0.3) is 5.22 Å². The smallest absolute Gasteiger partial charge is 0.341 e. The average Bonchev–Trinajstić information content (AvgIpc) is 3.58. The van der Waals surface area contributed by atoms with Crippen LogP contribution in [0.2, 0.25) is 0 Å². The van der Waals surface area contributed by atoms with Gasteiger partial charge in [-0.15, -0.1) is 21.5 Å². The lowest BCUT2D eigenvalue weighted by Gasteiger charge is -2.12. The molecule has 1 aromatic carbocycles. The van der Waals surface area contributed by atoms with Crippen molar-refractivity contribution in [3.8, 4) is 28.7 Å². The number of amides is 1. The molecule has 2 aromatic heterocycles. The van der Waals surface area contributed by atoms with E-state index in [0.29, 0.717) is 33.4 Å². The van der Waals surface area contributed by atoms with Crippen LogP contribution in [-0.4, -0.2) is 55.8 Å². The molecule has 0 atom stereocenters. The minimum atomic E-state index is -0.401. The summed E-state index contributed by atoms with van der Waals surface area (Å²) in [6.45, 7) is 2.04. The SMILES string of the molecule is CCOC(=O)c1c(NC(=O)CSc2nnc(-c3cc(OC)c(OC)c(OC)c3)o2)sc2c1CCC2. The van der Waals surface area contributed by atoms with Crippen molar-refractivity contribution in [3.63, 3.8) is 0 Å². The highest BCUT2D eigenvalue weighted by molar-refractivity contribution is 7.99. The first-order chi connectivity index (χ1) is 17.0. The molecular weight excluding hydrogens is 494 g/mol. The van der Waals surface area contributed by atoms with Crippen LogP contribution in [0.15, 0.2) is 21.8 Å². The zero-order valence-electron chi connectivity index (χ0n) is 19.8. The Morgan fingerprint density at radius 2 is 1.86 bits per heavy atom. The Morgan fingerprint density at radius 3 is 2.51 bits per heavy atom. The number of thiophene rings is 1. The molecule has 10 nitrogen and oxygen atoms in total. The van der Waals surface area contributed by atoms with Crippen LogP contribution in [0, 0.1) is 0 Å². The van der Waals surface area contributed by atoms with E-state index >= 15 is 0 Å². The van der Waals surface area contributed by atoms with Crippen molar-refractivity contribution >= 4 is 40.0 Å². The van der Waals surface area contributed by atoms with Crippen molar-refractivity contribution < 1.29 is 33.0 Å². The van der Waals surface area contributed by atoms with E-state index in [9.17, 15) is 9.59 Å². The number of carbonyl (C=O) groups is 2. The summed E-state index contributed by atoms with van der Waals surface area (Å²) in [5, 5.41) is 11.7. The Labute approximate surface area is 210 Å². The number of hydrogen-bond donors (Lipinski definition) is 1. The molecule has 12 heteroatoms. The van der Waals surface area contributed by atoms with E-state index in [4.69, 9.17) is 23.4 Å². The lowest BCUT2D eigenvalue weighted by molar-refractivity contribution is -0.113. The number of aromatic nitrogens is 2. The first kappa shape index (κ1) is 24.9. The van der Waals surface area contributed by atoms with Crippen molar-refractivity contribution in [1.82, 2.24) is 10.2 Å². The van der Waals surface area contributed by atoms with Gasteiger partial charge in [-0.3, -0.25) is 4.79 Å². The molecule has 0 unspecified atom stereocenters. The van der Waals surface area contributed by atoms with Crippen molar-refractivity contribution in [2.45, 2.75) is 31.4 Å². The maximum absolute atomic E-state index is 12.6. The predicted molar refractivity (Wildman–Crippen MR) is 131 cm³/mol. The maximum Gasteiger partial charge on any atom is 0.341 e. The minimum Gasteiger partial charge on any atom is -0.493 e. The van der Waals surface area contributed by atoms with E-state index in [1.165, 1.54) is 32.7 Å². The van der Waals surface area contributed by atoms with Crippen LogP contribution in [-0.2, 0) is 22.4 Å². The predicted octanol–water partition coefficient (Wildman–Crippen LogP) is 4.22. The first-order valence-corrected chi connectivity index (χ1v) is 12.7. The Kier molecular flexibility index (Phi) is 7.81. The first-order valence-electron chi connectivity index (χ1n) is 10.9. The van der Waals surface area contributed by atoms with Gasteiger partial charge in [0.05, 0.1) is 39.3 Å². The monoisotopic (exact) mass is 519 g/mol. The number of thioether (sulfide) groups is 1. The third-order valence-corrected chi connectivity index (χ3v) is 7.32. The molecule has 1 amide bonds. The van der Waals surface area contributed by atoms with Crippen LogP contribution < -0.4 is 19.5 Å². The highest BCUT2D eigenvalue weighted by atomic mass is 32.2. The van der Waals surface area contributed by atoms with Crippen LogP contribution in [0.25, 0.3) is 11.5 Å². The quantitative estimate of drug-likeness (QED) is 0.308. The summed E-state index contributed by atoms with van der Waals surface area (Å²) in [6, 6.07) is 3.39. The van der Waals surface area contributed by atoms with E-state index in [0.717, 1.165) is 41.5 Å². The van der Waals surface area contributed by atoms with Gasteiger partial charge in [0.2, 0.25) is 17.5 Å². The molecule has 0 fully saturated rings. The second-order valence-electron chi connectivity index (χ2n) is 7.41. The fourth-order valence-corrected chi connectivity index (χ4v) is 5.65. The number of anilines is 1.